The lowest BCUT2D eigenvalue weighted by Gasteiger charge is -2.22. The number of rotatable bonds is 7. The molecule has 0 bridgehead atoms. The van der Waals surface area contributed by atoms with Gasteiger partial charge in [0, 0.05) is 6.42 Å². The van der Waals surface area contributed by atoms with Crippen LogP contribution in [0.3, 0.4) is 0 Å². The van der Waals surface area contributed by atoms with E-state index in [-0.39, 0.29) is 6.42 Å². The maximum absolute atomic E-state index is 11.6. The van der Waals surface area contributed by atoms with Crippen molar-refractivity contribution in [1.82, 2.24) is 5.32 Å². The Balaban J connectivity index is 0. The van der Waals surface area contributed by atoms with E-state index in [2.05, 4.69) is 5.32 Å². The molecule has 0 fully saturated rings. The van der Waals surface area contributed by atoms with Gasteiger partial charge in [0.05, 0.1) is 0 Å². The summed E-state index contributed by atoms with van der Waals surface area (Å²) in [6, 6.07) is 7.42. The smallest absolute Gasteiger partial charge is 0.432 e. The second kappa shape index (κ2) is 16.1. The zero-order valence-electron chi connectivity index (χ0n) is 18.7. The highest BCUT2D eigenvalue weighted by Gasteiger charge is 2.24. The van der Waals surface area contributed by atoms with Gasteiger partial charge in [0.1, 0.15) is 17.7 Å². The van der Waals surface area contributed by atoms with Gasteiger partial charge in [-0.2, -0.15) is 0 Å². The van der Waals surface area contributed by atoms with E-state index in [1.165, 1.54) is 0 Å². The largest absolute Gasteiger partial charge is 0.480 e. The topological polar surface area (TPSA) is 179 Å². The summed E-state index contributed by atoms with van der Waals surface area (Å²) in [4.78, 5) is 32.8. The Morgan fingerprint density at radius 3 is 1.87 bits per heavy atom. The lowest BCUT2D eigenvalue weighted by atomic mass is 10.1. The lowest BCUT2D eigenvalue weighted by molar-refractivity contribution is -0.140. The van der Waals surface area contributed by atoms with E-state index in [1.54, 1.807) is 20.8 Å². The second-order valence-electron chi connectivity index (χ2n) is 7.94. The maximum Gasteiger partial charge on any atom is 0.432 e. The number of amides is 1. The molecule has 1 aromatic carbocycles. The average Bonchev–Trinajstić information content (AvgIpc) is 2.61. The summed E-state index contributed by atoms with van der Waals surface area (Å²) in [7, 11) is -0.750. The lowest BCUT2D eigenvalue weighted by Crippen LogP contribution is -2.44. The molecular formula is C20H35BN2O8. The predicted octanol–water partition coefficient (Wildman–Crippen LogP) is 0.889. The Bertz CT molecular complexity index is 650. The third-order valence-electron chi connectivity index (χ3n) is 3.31. The minimum atomic E-state index is -1.09. The van der Waals surface area contributed by atoms with Crippen LogP contribution in [0.2, 0.25) is 0 Å². The molecule has 0 aliphatic rings. The monoisotopic (exact) mass is 442 g/mol. The summed E-state index contributed by atoms with van der Waals surface area (Å²) in [6.07, 6.45) is 0.0425. The Labute approximate surface area is 183 Å². The Hall–Kier alpha value is -2.63. The number of carbonyl (C=O) groups excluding carboxylic acids is 1. The van der Waals surface area contributed by atoms with Crippen LogP contribution in [0.1, 0.15) is 46.6 Å². The number of nitrogens with two attached hydrogens (primary N) is 1. The molecule has 31 heavy (non-hydrogen) atoms. The van der Waals surface area contributed by atoms with Crippen LogP contribution in [-0.4, -0.2) is 63.7 Å². The number of aliphatic carboxylic acids is 2. The molecule has 0 heterocycles. The summed E-state index contributed by atoms with van der Waals surface area (Å²) in [6.45, 7) is 9.06. The normalized spacial score (nSPS) is 12.2. The summed E-state index contributed by atoms with van der Waals surface area (Å²) in [5.74, 6) is -1.64. The summed E-state index contributed by atoms with van der Waals surface area (Å²) in [5, 5.41) is 34.0. The van der Waals surface area contributed by atoms with Gasteiger partial charge in [0.25, 0.3) is 0 Å². The molecule has 176 valence electrons. The van der Waals surface area contributed by atoms with Gasteiger partial charge in [0.15, 0.2) is 0 Å². The van der Waals surface area contributed by atoms with Gasteiger partial charge in [-0.1, -0.05) is 44.2 Å². The fraction of sp³-hybridized carbons (Fsp3) is 0.550. The van der Waals surface area contributed by atoms with E-state index in [0.29, 0.717) is 12.3 Å². The quantitative estimate of drug-likeness (QED) is 0.334. The molecule has 0 aromatic heterocycles. The molecule has 10 nitrogen and oxygen atoms in total. The molecule has 0 radical (unpaired) electrons. The van der Waals surface area contributed by atoms with Crippen molar-refractivity contribution < 1.29 is 39.4 Å². The van der Waals surface area contributed by atoms with Crippen molar-refractivity contribution in [2.45, 2.75) is 65.1 Å². The number of hydrogen-bond acceptors (Lipinski definition) is 7. The van der Waals surface area contributed by atoms with Gasteiger partial charge in [-0.3, -0.25) is 4.79 Å². The molecule has 0 aliphatic carbocycles. The summed E-state index contributed by atoms with van der Waals surface area (Å²) >= 11 is 0. The minimum absolute atomic E-state index is 0.218. The number of carbonyl (C=O) groups is 3. The Kier molecular flexibility index (Phi) is 15.9. The highest BCUT2D eigenvalue weighted by atomic mass is 16.6. The molecule has 1 amide bonds. The van der Waals surface area contributed by atoms with Gasteiger partial charge in [0.2, 0.25) is 0 Å². The summed E-state index contributed by atoms with van der Waals surface area (Å²) < 4.78 is 5.04. The molecule has 11 heteroatoms. The van der Waals surface area contributed by atoms with Crippen LogP contribution < -0.4 is 11.1 Å². The zero-order chi connectivity index (χ0) is 24.6. The molecular weight excluding hydrogens is 407 g/mol. The van der Waals surface area contributed by atoms with E-state index in [9.17, 15) is 14.4 Å². The first kappa shape index (κ1) is 30.6. The highest BCUT2D eigenvalue weighted by Crippen LogP contribution is 2.08. The second-order valence-corrected chi connectivity index (χ2v) is 7.94. The van der Waals surface area contributed by atoms with E-state index < -0.39 is 43.4 Å². The fourth-order valence-electron chi connectivity index (χ4n) is 2.11. The molecule has 0 saturated heterocycles. The van der Waals surface area contributed by atoms with Crippen LogP contribution in [0.5, 0.6) is 0 Å². The number of ether oxygens (including phenoxy) is 1. The van der Waals surface area contributed by atoms with Gasteiger partial charge in [-0.25, -0.2) is 9.59 Å². The van der Waals surface area contributed by atoms with Crippen LogP contribution in [0.15, 0.2) is 30.3 Å². The van der Waals surface area contributed by atoms with Crippen molar-refractivity contribution in [2.75, 3.05) is 0 Å². The first-order chi connectivity index (χ1) is 14.2. The van der Waals surface area contributed by atoms with Crippen LogP contribution in [0.4, 0.5) is 4.79 Å². The molecule has 2 unspecified atom stereocenters. The number of carboxylic acid groups (broad SMARTS) is 2. The number of alkyl carbamates (subject to hydrolysis) is 1. The van der Waals surface area contributed by atoms with Crippen LogP contribution in [0, 0.1) is 5.92 Å². The maximum atomic E-state index is 11.6. The van der Waals surface area contributed by atoms with Crippen molar-refractivity contribution in [2.24, 2.45) is 11.7 Å². The molecule has 1 aromatic rings. The minimum Gasteiger partial charge on any atom is -0.480 e. The molecule has 0 spiro atoms. The third-order valence-corrected chi connectivity index (χ3v) is 3.31. The van der Waals surface area contributed by atoms with Gasteiger partial charge in [-0.05, 0) is 38.7 Å². The average molecular weight is 442 g/mol. The van der Waals surface area contributed by atoms with Crippen LogP contribution in [-0.2, 0) is 20.7 Å². The van der Waals surface area contributed by atoms with E-state index in [0.717, 1.165) is 5.56 Å². The molecule has 1 rings (SSSR count). The van der Waals surface area contributed by atoms with Crippen LogP contribution in [0.25, 0.3) is 0 Å². The highest BCUT2D eigenvalue weighted by molar-refractivity contribution is 6.13. The van der Waals surface area contributed by atoms with Gasteiger partial charge >= 0.3 is 25.7 Å². The third kappa shape index (κ3) is 19.1. The summed E-state index contributed by atoms with van der Waals surface area (Å²) in [5.41, 5.74) is 5.40. The zero-order valence-corrected chi connectivity index (χ0v) is 18.7. The van der Waals surface area contributed by atoms with Crippen molar-refractivity contribution in [3.05, 3.63) is 35.9 Å². The van der Waals surface area contributed by atoms with Crippen molar-refractivity contribution in [3.63, 3.8) is 0 Å². The molecule has 7 N–H and O–H groups in total. The van der Waals surface area contributed by atoms with E-state index >= 15 is 0 Å². The Morgan fingerprint density at radius 1 is 1.06 bits per heavy atom. The number of benzene rings is 1. The van der Waals surface area contributed by atoms with Gasteiger partial charge < -0.3 is 36.0 Å². The van der Waals surface area contributed by atoms with Crippen molar-refractivity contribution in [1.29, 1.82) is 0 Å². The van der Waals surface area contributed by atoms with E-state index in [4.69, 9.17) is 30.7 Å². The SMILES string of the molecule is CC(C)(C)OC(=O)NC(Cc1ccccc1)C(=O)O.CC(C)CC(N)C(=O)O.OBO. The van der Waals surface area contributed by atoms with Crippen molar-refractivity contribution >= 4 is 25.7 Å². The fourth-order valence-corrected chi connectivity index (χ4v) is 2.11. The van der Waals surface area contributed by atoms with Crippen molar-refractivity contribution in [3.8, 4) is 0 Å². The van der Waals surface area contributed by atoms with Crippen LogP contribution >= 0.6 is 0 Å². The first-order valence-corrected chi connectivity index (χ1v) is 9.69. The standard InChI is InChI=1S/C14H19NO4.C6H13NO2.BH3O2/c1-14(2,3)19-13(18)15-11(12(16)17)9-10-7-5-4-6-8-10;1-4(2)3-5(7)6(8)9;2-1-3/h4-8,11H,9H2,1-3H3,(H,15,18)(H,16,17);4-5H,3,7H2,1-2H3,(H,8,9);1-3H. The van der Waals surface area contributed by atoms with Gasteiger partial charge in [-0.15, -0.1) is 0 Å². The molecule has 0 aliphatic heterocycles. The number of hydrogen-bond donors (Lipinski definition) is 6. The number of carboxylic acids is 2. The predicted molar refractivity (Wildman–Crippen MR) is 118 cm³/mol. The Morgan fingerprint density at radius 2 is 1.55 bits per heavy atom. The molecule has 0 saturated carbocycles. The molecule has 2 atom stereocenters. The first-order valence-electron chi connectivity index (χ1n) is 9.69. The number of nitrogens with one attached hydrogen (secondary N) is 1. The van der Waals surface area contributed by atoms with E-state index in [1.807, 2.05) is 44.2 Å².